The highest BCUT2D eigenvalue weighted by Crippen LogP contribution is 2.26. The van der Waals surface area contributed by atoms with E-state index < -0.39 is 0 Å². The van der Waals surface area contributed by atoms with E-state index in [1.807, 2.05) is 24.3 Å². The molecule has 0 aliphatic carbocycles. The fraction of sp³-hybridized carbons (Fsp3) is 0.294. The zero-order valence-corrected chi connectivity index (χ0v) is 14.2. The van der Waals surface area contributed by atoms with Crippen LogP contribution in [0.3, 0.4) is 0 Å². The lowest BCUT2D eigenvalue weighted by Crippen LogP contribution is -2.22. The minimum absolute atomic E-state index is 0.202. The SMILES string of the molecule is CCNCC(Cc1cc(F)ccc1Br)c1ccc(Cl)cc1. The molecule has 1 nitrogen and oxygen atoms in total. The zero-order valence-electron chi connectivity index (χ0n) is 11.9. The number of benzene rings is 2. The van der Waals surface area contributed by atoms with Gasteiger partial charge in [0.1, 0.15) is 5.82 Å². The van der Waals surface area contributed by atoms with Gasteiger partial charge in [-0.1, -0.05) is 46.6 Å². The summed E-state index contributed by atoms with van der Waals surface area (Å²) in [5.41, 5.74) is 2.18. The Labute approximate surface area is 138 Å². The summed E-state index contributed by atoms with van der Waals surface area (Å²) in [6.07, 6.45) is 0.771. The Kier molecular flexibility index (Phi) is 6.22. The molecule has 0 aliphatic heterocycles. The first-order chi connectivity index (χ1) is 10.1. The first-order valence-electron chi connectivity index (χ1n) is 7.00. The van der Waals surface area contributed by atoms with E-state index in [0.29, 0.717) is 0 Å². The van der Waals surface area contributed by atoms with Gasteiger partial charge in [0.25, 0.3) is 0 Å². The highest BCUT2D eigenvalue weighted by molar-refractivity contribution is 9.10. The van der Waals surface area contributed by atoms with Gasteiger partial charge in [-0.15, -0.1) is 0 Å². The standard InChI is InChI=1S/C17H18BrClFN/c1-2-21-11-14(12-3-5-15(19)6-4-12)9-13-10-16(20)7-8-17(13)18/h3-8,10,14,21H,2,9,11H2,1H3. The summed E-state index contributed by atoms with van der Waals surface area (Å²) in [6.45, 7) is 3.84. The van der Waals surface area contributed by atoms with E-state index in [2.05, 4.69) is 28.2 Å². The van der Waals surface area contributed by atoms with E-state index in [1.165, 1.54) is 11.6 Å². The van der Waals surface area contributed by atoms with Crippen LogP contribution in [-0.2, 0) is 6.42 Å². The molecule has 0 amide bonds. The quantitative estimate of drug-likeness (QED) is 0.739. The fourth-order valence-electron chi connectivity index (χ4n) is 2.33. The second-order valence-electron chi connectivity index (χ2n) is 5.00. The Morgan fingerprint density at radius 3 is 2.57 bits per heavy atom. The molecule has 1 N–H and O–H groups in total. The minimum Gasteiger partial charge on any atom is -0.316 e. The summed E-state index contributed by atoms with van der Waals surface area (Å²) < 4.78 is 14.4. The zero-order chi connectivity index (χ0) is 15.2. The Bertz CT molecular complexity index is 586. The molecular formula is C17H18BrClFN. The van der Waals surface area contributed by atoms with Crippen molar-refractivity contribution >= 4 is 27.5 Å². The van der Waals surface area contributed by atoms with Gasteiger partial charge < -0.3 is 5.32 Å². The highest BCUT2D eigenvalue weighted by Gasteiger charge is 2.14. The van der Waals surface area contributed by atoms with Gasteiger partial charge >= 0.3 is 0 Å². The smallest absolute Gasteiger partial charge is 0.123 e. The molecule has 2 aromatic rings. The Morgan fingerprint density at radius 1 is 1.19 bits per heavy atom. The van der Waals surface area contributed by atoms with Crippen LogP contribution in [0.25, 0.3) is 0 Å². The lowest BCUT2D eigenvalue weighted by Gasteiger charge is -2.19. The summed E-state index contributed by atoms with van der Waals surface area (Å²) in [5, 5.41) is 4.10. The van der Waals surface area contributed by atoms with Crippen LogP contribution >= 0.6 is 27.5 Å². The summed E-state index contributed by atoms with van der Waals surface area (Å²) >= 11 is 9.46. The highest BCUT2D eigenvalue weighted by atomic mass is 79.9. The number of nitrogens with one attached hydrogen (secondary N) is 1. The van der Waals surface area contributed by atoms with Gasteiger partial charge in [-0.3, -0.25) is 0 Å². The van der Waals surface area contributed by atoms with E-state index in [0.717, 1.165) is 34.6 Å². The molecule has 0 saturated carbocycles. The third-order valence-electron chi connectivity index (χ3n) is 3.46. The fourth-order valence-corrected chi connectivity index (χ4v) is 2.86. The van der Waals surface area contributed by atoms with Crippen LogP contribution in [0, 0.1) is 5.82 Å². The van der Waals surface area contributed by atoms with E-state index in [1.54, 1.807) is 12.1 Å². The molecule has 0 aliphatic rings. The van der Waals surface area contributed by atoms with Crippen molar-refractivity contribution in [2.24, 2.45) is 0 Å². The van der Waals surface area contributed by atoms with E-state index in [-0.39, 0.29) is 11.7 Å². The number of hydrogen-bond donors (Lipinski definition) is 1. The van der Waals surface area contributed by atoms with Gasteiger partial charge in [0, 0.05) is 22.0 Å². The molecule has 2 aromatic carbocycles. The molecular weight excluding hydrogens is 353 g/mol. The molecule has 21 heavy (non-hydrogen) atoms. The van der Waals surface area contributed by atoms with E-state index in [9.17, 15) is 4.39 Å². The van der Waals surface area contributed by atoms with Gasteiger partial charge in [-0.2, -0.15) is 0 Å². The molecule has 1 unspecified atom stereocenters. The van der Waals surface area contributed by atoms with Crippen molar-refractivity contribution in [1.29, 1.82) is 0 Å². The largest absolute Gasteiger partial charge is 0.316 e. The summed E-state index contributed by atoms with van der Waals surface area (Å²) in [4.78, 5) is 0. The van der Waals surface area contributed by atoms with Crippen LogP contribution in [-0.4, -0.2) is 13.1 Å². The van der Waals surface area contributed by atoms with Crippen molar-refractivity contribution in [3.8, 4) is 0 Å². The summed E-state index contributed by atoms with van der Waals surface area (Å²) in [6, 6.07) is 12.7. The van der Waals surface area contributed by atoms with Gasteiger partial charge in [-0.25, -0.2) is 4.39 Å². The number of halogens is 3. The molecule has 1 atom stereocenters. The maximum absolute atomic E-state index is 13.5. The van der Waals surface area contributed by atoms with Gasteiger partial charge in [-0.05, 0) is 54.4 Å². The third-order valence-corrected chi connectivity index (χ3v) is 4.48. The van der Waals surface area contributed by atoms with Crippen LogP contribution in [0.2, 0.25) is 5.02 Å². The topological polar surface area (TPSA) is 12.0 Å². The second kappa shape index (κ2) is 7.92. The van der Waals surface area contributed by atoms with Crippen molar-refractivity contribution in [3.63, 3.8) is 0 Å². The average Bonchev–Trinajstić information content (AvgIpc) is 2.48. The summed E-state index contributed by atoms with van der Waals surface area (Å²) in [7, 11) is 0. The minimum atomic E-state index is -0.202. The van der Waals surface area contributed by atoms with Crippen molar-refractivity contribution in [3.05, 3.63) is 68.9 Å². The molecule has 112 valence electrons. The van der Waals surface area contributed by atoms with Crippen LogP contribution < -0.4 is 5.32 Å². The second-order valence-corrected chi connectivity index (χ2v) is 6.29. The molecule has 2 rings (SSSR count). The maximum Gasteiger partial charge on any atom is 0.123 e. The Hall–Kier alpha value is -0.900. The third kappa shape index (κ3) is 4.80. The molecule has 0 heterocycles. The van der Waals surface area contributed by atoms with Crippen LogP contribution in [0.1, 0.15) is 24.0 Å². The predicted octanol–water partition coefficient (Wildman–Crippen LogP) is 5.18. The molecule has 0 spiro atoms. The first-order valence-corrected chi connectivity index (χ1v) is 8.17. The number of hydrogen-bond acceptors (Lipinski definition) is 1. The Balaban J connectivity index is 2.23. The van der Waals surface area contributed by atoms with E-state index in [4.69, 9.17) is 11.6 Å². The normalized spacial score (nSPS) is 12.4. The van der Waals surface area contributed by atoms with Crippen LogP contribution in [0.15, 0.2) is 46.9 Å². The van der Waals surface area contributed by atoms with Gasteiger partial charge in [0.2, 0.25) is 0 Å². The number of rotatable bonds is 6. The van der Waals surface area contributed by atoms with Gasteiger partial charge in [0.15, 0.2) is 0 Å². The van der Waals surface area contributed by atoms with Crippen molar-refractivity contribution in [2.75, 3.05) is 13.1 Å². The van der Waals surface area contributed by atoms with Crippen LogP contribution in [0.5, 0.6) is 0 Å². The molecule has 0 radical (unpaired) electrons. The van der Waals surface area contributed by atoms with Crippen molar-refractivity contribution in [2.45, 2.75) is 19.3 Å². The number of likely N-dealkylation sites (N-methyl/N-ethyl adjacent to an activating group) is 1. The average molecular weight is 371 g/mol. The Morgan fingerprint density at radius 2 is 1.90 bits per heavy atom. The maximum atomic E-state index is 13.5. The van der Waals surface area contributed by atoms with Crippen LogP contribution in [0.4, 0.5) is 4.39 Å². The monoisotopic (exact) mass is 369 g/mol. The molecule has 0 aromatic heterocycles. The molecule has 0 bridgehead atoms. The summed E-state index contributed by atoms with van der Waals surface area (Å²) in [5.74, 6) is 0.0758. The molecule has 0 saturated heterocycles. The van der Waals surface area contributed by atoms with E-state index >= 15 is 0 Å². The van der Waals surface area contributed by atoms with Gasteiger partial charge in [0.05, 0.1) is 0 Å². The first kappa shape index (κ1) is 16.5. The lowest BCUT2D eigenvalue weighted by molar-refractivity contribution is 0.587. The predicted molar refractivity (Wildman–Crippen MR) is 90.5 cm³/mol. The van der Waals surface area contributed by atoms with Crippen molar-refractivity contribution in [1.82, 2.24) is 5.32 Å². The van der Waals surface area contributed by atoms with Crippen molar-refractivity contribution < 1.29 is 4.39 Å². The molecule has 0 fully saturated rings. The lowest BCUT2D eigenvalue weighted by atomic mass is 9.92. The molecule has 4 heteroatoms.